The standard InChI is InChI=1S/C20H15ClOS/c21-17-12-11-16(14-23-18-9-5-2-6-10-18)19(13-17)20(22)15-7-3-1-4-8-15/h1-13H,14H2. The number of thioether (sulfide) groups is 1. The number of carbonyl (C=O) groups is 1. The second kappa shape index (κ2) is 7.49. The third-order valence-corrected chi connectivity index (χ3v) is 4.79. The van der Waals surface area contributed by atoms with Crippen LogP contribution < -0.4 is 0 Å². The van der Waals surface area contributed by atoms with Gasteiger partial charge in [-0.05, 0) is 29.8 Å². The molecular formula is C20H15ClOS. The van der Waals surface area contributed by atoms with Crippen molar-refractivity contribution in [2.45, 2.75) is 10.6 Å². The summed E-state index contributed by atoms with van der Waals surface area (Å²) in [5.74, 6) is 0.742. The molecule has 0 heterocycles. The molecule has 0 saturated heterocycles. The van der Waals surface area contributed by atoms with E-state index in [9.17, 15) is 4.79 Å². The van der Waals surface area contributed by atoms with E-state index in [-0.39, 0.29) is 5.78 Å². The minimum absolute atomic E-state index is 0.0109. The number of hydrogen-bond donors (Lipinski definition) is 0. The van der Waals surface area contributed by atoms with Gasteiger partial charge >= 0.3 is 0 Å². The Morgan fingerprint density at radius 1 is 0.870 bits per heavy atom. The lowest BCUT2D eigenvalue weighted by atomic mass is 9.99. The van der Waals surface area contributed by atoms with Gasteiger partial charge in [-0.3, -0.25) is 4.79 Å². The number of carbonyl (C=O) groups excluding carboxylic acids is 1. The van der Waals surface area contributed by atoms with Gasteiger partial charge in [-0.25, -0.2) is 0 Å². The summed E-state index contributed by atoms with van der Waals surface area (Å²) in [4.78, 5) is 13.9. The molecule has 0 radical (unpaired) electrons. The quantitative estimate of drug-likeness (QED) is 0.428. The maximum atomic E-state index is 12.8. The van der Waals surface area contributed by atoms with Crippen LogP contribution in [0.4, 0.5) is 0 Å². The number of rotatable bonds is 5. The summed E-state index contributed by atoms with van der Waals surface area (Å²) in [5.41, 5.74) is 2.35. The van der Waals surface area contributed by atoms with E-state index in [1.54, 1.807) is 17.8 Å². The van der Waals surface area contributed by atoms with Gasteiger partial charge in [-0.2, -0.15) is 0 Å². The van der Waals surface area contributed by atoms with Crippen LogP contribution in [-0.4, -0.2) is 5.78 Å². The number of hydrogen-bond acceptors (Lipinski definition) is 2. The fourth-order valence-corrected chi connectivity index (χ4v) is 3.40. The van der Waals surface area contributed by atoms with Gasteiger partial charge in [-0.15, -0.1) is 11.8 Å². The van der Waals surface area contributed by atoms with Crippen molar-refractivity contribution < 1.29 is 4.79 Å². The average molecular weight is 339 g/mol. The largest absolute Gasteiger partial charge is 0.289 e. The molecule has 23 heavy (non-hydrogen) atoms. The van der Waals surface area contributed by atoms with Crippen molar-refractivity contribution >= 4 is 29.1 Å². The first-order valence-electron chi connectivity index (χ1n) is 7.30. The Balaban J connectivity index is 1.87. The van der Waals surface area contributed by atoms with Crippen molar-refractivity contribution in [2.75, 3.05) is 0 Å². The molecule has 0 aromatic heterocycles. The number of ketones is 1. The molecule has 3 rings (SSSR count). The van der Waals surface area contributed by atoms with Gasteiger partial charge in [0.25, 0.3) is 0 Å². The van der Waals surface area contributed by atoms with Gasteiger partial charge in [0.2, 0.25) is 0 Å². The topological polar surface area (TPSA) is 17.1 Å². The zero-order valence-corrected chi connectivity index (χ0v) is 14.0. The predicted octanol–water partition coefficient (Wildman–Crippen LogP) is 5.86. The summed E-state index contributed by atoms with van der Waals surface area (Å²) in [5, 5.41) is 0.581. The molecule has 0 unspecified atom stereocenters. The highest BCUT2D eigenvalue weighted by molar-refractivity contribution is 7.98. The summed E-state index contributed by atoms with van der Waals surface area (Å²) >= 11 is 7.82. The van der Waals surface area contributed by atoms with E-state index in [0.29, 0.717) is 16.1 Å². The van der Waals surface area contributed by atoms with Crippen molar-refractivity contribution in [3.05, 3.63) is 101 Å². The van der Waals surface area contributed by atoms with Gasteiger partial charge in [0.1, 0.15) is 0 Å². The van der Waals surface area contributed by atoms with Crippen LogP contribution in [0.3, 0.4) is 0 Å². The molecule has 3 aromatic rings. The Morgan fingerprint density at radius 2 is 1.52 bits per heavy atom. The van der Waals surface area contributed by atoms with Crippen LogP contribution in [0.15, 0.2) is 83.8 Å². The number of halogens is 1. The molecule has 0 bridgehead atoms. The highest BCUT2D eigenvalue weighted by atomic mass is 35.5. The van der Waals surface area contributed by atoms with E-state index in [1.807, 2.05) is 60.7 Å². The molecule has 0 amide bonds. The van der Waals surface area contributed by atoms with E-state index in [2.05, 4.69) is 12.1 Å². The van der Waals surface area contributed by atoms with Crippen LogP contribution >= 0.6 is 23.4 Å². The molecular weight excluding hydrogens is 324 g/mol. The molecule has 0 atom stereocenters. The fraction of sp³-hybridized carbons (Fsp3) is 0.0500. The molecule has 0 aliphatic heterocycles. The second-order valence-corrected chi connectivity index (χ2v) is 6.58. The van der Waals surface area contributed by atoms with E-state index in [1.165, 1.54) is 4.90 Å². The van der Waals surface area contributed by atoms with Gasteiger partial charge in [0.05, 0.1) is 0 Å². The molecule has 3 aromatic carbocycles. The summed E-state index contributed by atoms with van der Waals surface area (Å²) in [7, 11) is 0. The fourth-order valence-electron chi connectivity index (χ4n) is 2.31. The number of benzene rings is 3. The van der Waals surface area contributed by atoms with Gasteiger partial charge < -0.3 is 0 Å². The first kappa shape index (κ1) is 15.9. The Bertz CT molecular complexity index is 800. The average Bonchev–Trinajstić information content (AvgIpc) is 2.61. The minimum Gasteiger partial charge on any atom is -0.289 e. The molecule has 114 valence electrons. The third kappa shape index (κ3) is 4.04. The predicted molar refractivity (Wildman–Crippen MR) is 97.3 cm³/mol. The van der Waals surface area contributed by atoms with Crippen molar-refractivity contribution in [3.63, 3.8) is 0 Å². The van der Waals surface area contributed by atoms with Crippen LogP contribution in [0.5, 0.6) is 0 Å². The van der Waals surface area contributed by atoms with Gasteiger partial charge in [0, 0.05) is 26.8 Å². The lowest BCUT2D eigenvalue weighted by molar-refractivity contribution is 0.103. The van der Waals surface area contributed by atoms with Crippen LogP contribution in [0, 0.1) is 0 Å². The Hall–Kier alpha value is -2.03. The van der Waals surface area contributed by atoms with E-state index >= 15 is 0 Å². The summed E-state index contributed by atoms with van der Waals surface area (Å²) in [6, 6.07) is 25.0. The smallest absolute Gasteiger partial charge is 0.193 e. The van der Waals surface area contributed by atoms with Crippen LogP contribution in [0.2, 0.25) is 5.02 Å². The highest BCUT2D eigenvalue weighted by Crippen LogP contribution is 2.27. The van der Waals surface area contributed by atoms with Crippen LogP contribution in [-0.2, 0) is 5.75 Å². The van der Waals surface area contributed by atoms with Crippen molar-refractivity contribution in [1.29, 1.82) is 0 Å². The molecule has 0 N–H and O–H groups in total. The summed E-state index contributed by atoms with van der Waals surface area (Å²) in [6.45, 7) is 0. The lowest BCUT2D eigenvalue weighted by Crippen LogP contribution is -2.05. The molecule has 3 heteroatoms. The Morgan fingerprint density at radius 3 is 2.22 bits per heavy atom. The molecule has 0 saturated carbocycles. The van der Waals surface area contributed by atoms with Gasteiger partial charge in [0.15, 0.2) is 5.78 Å². The monoisotopic (exact) mass is 338 g/mol. The summed E-state index contributed by atoms with van der Waals surface area (Å²) < 4.78 is 0. The minimum atomic E-state index is 0.0109. The van der Waals surface area contributed by atoms with E-state index in [4.69, 9.17) is 11.6 Å². The van der Waals surface area contributed by atoms with E-state index < -0.39 is 0 Å². The maximum absolute atomic E-state index is 12.8. The molecule has 0 spiro atoms. The lowest BCUT2D eigenvalue weighted by Gasteiger charge is -2.10. The molecule has 0 fully saturated rings. The van der Waals surface area contributed by atoms with E-state index in [0.717, 1.165) is 11.3 Å². The van der Waals surface area contributed by atoms with Gasteiger partial charge in [-0.1, -0.05) is 66.2 Å². The van der Waals surface area contributed by atoms with Crippen LogP contribution in [0.25, 0.3) is 0 Å². The van der Waals surface area contributed by atoms with Crippen LogP contribution in [0.1, 0.15) is 21.5 Å². The second-order valence-electron chi connectivity index (χ2n) is 5.10. The first-order valence-corrected chi connectivity index (χ1v) is 8.66. The van der Waals surface area contributed by atoms with Crippen molar-refractivity contribution in [3.8, 4) is 0 Å². The normalized spacial score (nSPS) is 10.5. The Kier molecular flexibility index (Phi) is 5.16. The zero-order chi connectivity index (χ0) is 16.1. The SMILES string of the molecule is O=C(c1ccccc1)c1cc(Cl)ccc1CSc1ccccc1. The molecule has 0 aliphatic carbocycles. The van der Waals surface area contributed by atoms with Crippen molar-refractivity contribution in [2.24, 2.45) is 0 Å². The van der Waals surface area contributed by atoms with Crippen molar-refractivity contribution in [1.82, 2.24) is 0 Å². The Labute approximate surface area is 145 Å². The maximum Gasteiger partial charge on any atom is 0.193 e. The molecule has 1 nitrogen and oxygen atoms in total. The zero-order valence-electron chi connectivity index (χ0n) is 12.4. The summed E-state index contributed by atoms with van der Waals surface area (Å²) in [6.07, 6.45) is 0. The third-order valence-electron chi connectivity index (χ3n) is 3.49. The molecule has 0 aliphatic rings. The highest BCUT2D eigenvalue weighted by Gasteiger charge is 2.14. The first-order chi connectivity index (χ1) is 11.2.